The Morgan fingerprint density at radius 2 is 2.08 bits per heavy atom. The molecule has 1 amide bonds. The maximum absolute atomic E-state index is 12.4. The Hall–Kier alpha value is -1.79. The summed E-state index contributed by atoms with van der Waals surface area (Å²) < 4.78 is 0. The summed E-state index contributed by atoms with van der Waals surface area (Å²) in [6, 6.07) is 5.91. The Morgan fingerprint density at radius 3 is 2.88 bits per heavy atom. The van der Waals surface area contributed by atoms with E-state index in [1.807, 2.05) is 28.6 Å². The molecule has 2 fully saturated rings. The average Bonchev–Trinajstić information content (AvgIpc) is 3.13. The van der Waals surface area contributed by atoms with E-state index in [0.29, 0.717) is 13.0 Å². The van der Waals surface area contributed by atoms with E-state index < -0.39 is 0 Å². The molecule has 0 N–H and O–H groups in total. The van der Waals surface area contributed by atoms with Gasteiger partial charge >= 0.3 is 0 Å². The lowest BCUT2D eigenvalue weighted by Gasteiger charge is -2.48. The first kappa shape index (κ1) is 16.7. The molecule has 2 aliphatic heterocycles. The Labute approximate surface area is 152 Å². The number of carbonyl (C=O) groups excluding carboxylic acids is 1. The molecule has 0 saturated carbocycles. The van der Waals surface area contributed by atoms with Crippen molar-refractivity contribution < 1.29 is 4.79 Å². The third-order valence-electron chi connectivity index (χ3n) is 5.44. The van der Waals surface area contributed by atoms with Gasteiger partial charge in [0.15, 0.2) is 0 Å². The second-order valence-electron chi connectivity index (χ2n) is 7.36. The van der Waals surface area contributed by atoms with E-state index >= 15 is 0 Å². The number of nitrogens with zero attached hydrogens (tertiary/aromatic N) is 4. The molecule has 4 rings (SSSR count). The molecule has 0 unspecified atom stereocenters. The largest absolute Gasteiger partial charge is 0.336 e. The number of hydrogen-bond donors (Lipinski definition) is 0. The van der Waals surface area contributed by atoms with Crippen LogP contribution in [0.25, 0.3) is 0 Å². The molecule has 0 radical (unpaired) electrons. The van der Waals surface area contributed by atoms with Crippen LogP contribution in [0.5, 0.6) is 0 Å². The van der Waals surface area contributed by atoms with Crippen LogP contribution in [-0.4, -0.2) is 45.3 Å². The van der Waals surface area contributed by atoms with Gasteiger partial charge in [0.1, 0.15) is 0 Å². The number of likely N-dealkylation sites (tertiary alicyclic amines) is 2. The molecule has 4 heterocycles. The minimum Gasteiger partial charge on any atom is -0.336 e. The fourth-order valence-electron chi connectivity index (χ4n) is 4.26. The Kier molecular flexibility index (Phi) is 4.81. The molecular weight excluding hydrogens is 332 g/mol. The highest BCUT2D eigenvalue weighted by molar-refractivity contribution is 7.07. The van der Waals surface area contributed by atoms with Crippen molar-refractivity contribution in [3.05, 3.63) is 46.7 Å². The molecule has 2 aromatic rings. The fourth-order valence-corrected chi connectivity index (χ4v) is 4.81. The normalized spacial score (nSPS) is 24.8. The highest BCUT2D eigenvalue weighted by Gasteiger charge is 2.41. The maximum atomic E-state index is 12.4. The van der Waals surface area contributed by atoms with Gasteiger partial charge in [-0.25, -0.2) is 4.98 Å². The van der Waals surface area contributed by atoms with Gasteiger partial charge < -0.3 is 4.90 Å². The lowest BCUT2D eigenvalue weighted by Crippen LogP contribution is -2.53. The van der Waals surface area contributed by atoms with Crippen molar-refractivity contribution in [1.82, 2.24) is 19.8 Å². The molecular formula is C19H24N4OS. The Bertz CT molecular complexity index is 705. The van der Waals surface area contributed by atoms with Crippen LogP contribution in [0.4, 0.5) is 0 Å². The number of rotatable bonds is 4. The first-order valence-corrected chi connectivity index (χ1v) is 9.94. The predicted octanol–water partition coefficient (Wildman–Crippen LogP) is 2.94. The van der Waals surface area contributed by atoms with Crippen LogP contribution in [0.2, 0.25) is 0 Å². The van der Waals surface area contributed by atoms with Gasteiger partial charge in [-0.3, -0.25) is 14.7 Å². The molecule has 0 aromatic carbocycles. The van der Waals surface area contributed by atoms with E-state index in [0.717, 1.165) is 38.3 Å². The van der Waals surface area contributed by atoms with E-state index in [2.05, 4.69) is 20.2 Å². The minimum atomic E-state index is 0.233. The molecule has 6 heteroatoms. The number of amides is 1. The highest BCUT2D eigenvalue weighted by atomic mass is 32.1. The molecule has 0 bridgehead atoms. The van der Waals surface area contributed by atoms with Crippen LogP contribution in [0.1, 0.15) is 37.1 Å². The number of hydrogen-bond acceptors (Lipinski definition) is 5. The van der Waals surface area contributed by atoms with E-state index in [4.69, 9.17) is 0 Å². The fraction of sp³-hybridized carbons (Fsp3) is 0.526. The lowest BCUT2D eigenvalue weighted by molar-refractivity contribution is -0.140. The van der Waals surface area contributed by atoms with Crippen molar-refractivity contribution in [3.8, 4) is 0 Å². The van der Waals surface area contributed by atoms with Gasteiger partial charge in [-0.2, -0.15) is 0 Å². The summed E-state index contributed by atoms with van der Waals surface area (Å²) in [7, 11) is 0. The molecule has 132 valence electrons. The Balaban J connectivity index is 1.44. The van der Waals surface area contributed by atoms with Gasteiger partial charge in [-0.05, 0) is 37.9 Å². The van der Waals surface area contributed by atoms with Crippen LogP contribution < -0.4 is 0 Å². The van der Waals surface area contributed by atoms with E-state index in [9.17, 15) is 4.79 Å². The standard InChI is InChI=1S/C19H24N4OS/c24-18-5-7-19(14-23(18)11-16-4-1-2-8-20-16)6-3-9-22(13-19)10-17-12-25-15-21-17/h1-2,4,8,12,15H,3,5-7,9-11,13-14H2/t19-/m1/s1. The minimum absolute atomic E-state index is 0.233. The first-order chi connectivity index (χ1) is 12.2. The number of aromatic nitrogens is 2. The zero-order valence-corrected chi connectivity index (χ0v) is 15.2. The van der Waals surface area contributed by atoms with Gasteiger partial charge in [-0.1, -0.05) is 6.07 Å². The quantitative estimate of drug-likeness (QED) is 0.845. The number of thiazole rings is 1. The highest BCUT2D eigenvalue weighted by Crippen LogP contribution is 2.39. The lowest BCUT2D eigenvalue weighted by atomic mass is 9.73. The van der Waals surface area contributed by atoms with Gasteiger partial charge in [0.2, 0.25) is 5.91 Å². The summed E-state index contributed by atoms with van der Waals surface area (Å²) in [6.07, 6.45) is 5.90. The molecule has 2 aliphatic rings. The zero-order chi connectivity index (χ0) is 17.1. The molecule has 0 aliphatic carbocycles. The molecule has 1 atom stereocenters. The van der Waals surface area contributed by atoms with Crippen molar-refractivity contribution in [3.63, 3.8) is 0 Å². The van der Waals surface area contributed by atoms with Gasteiger partial charge in [0.05, 0.1) is 23.4 Å². The van der Waals surface area contributed by atoms with Crippen molar-refractivity contribution in [2.75, 3.05) is 19.6 Å². The monoisotopic (exact) mass is 356 g/mol. The maximum Gasteiger partial charge on any atom is 0.222 e. The topological polar surface area (TPSA) is 49.3 Å². The van der Waals surface area contributed by atoms with E-state index in [1.54, 1.807) is 17.5 Å². The number of pyridine rings is 1. The van der Waals surface area contributed by atoms with Crippen LogP contribution in [0.3, 0.4) is 0 Å². The summed E-state index contributed by atoms with van der Waals surface area (Å²) >= 11 is 1.66. The van der Waals surface area contributed by atoms with Crippen LogP contribution in [0.15, 0.2) is 35.3 Å². The third-order valence-corrected chi connectivity index (χ3v) is 6.07. The smallest absolute Gasteiger partial charge is 0.222 e. The van der Waals surface area contributed by atoms with Gasteiger partial charge in [-0.15, -0.1) is 11.3 Å². The van der Waals surface area contributed by atoms with E-state index in [1.165, 1.54) is 18.5 Å². The summed E-state index contributed by atoms with van der Waals surface area (Å²) in [5, 5.41) is 2.14. The van der Waals surface area contributed by atoms with Crippen molar-refractivity contribution in [1.29, 1.82) is 0 Å². The number of carbonyl (C=O) groups is 1. The van der Waals surface area contributed by atoms with Gasteiger partial charge in [0.25, 0.3) is 0 Å². The van der Waals surface area contributed by atoms with Crippen LogP contribution >= 0.6 is 11.3 Å². The summed E-state index contributed by atoms with van der Waals surface area (Å²) in [6.45, 7) is 4.62. The number of piperidine rings is 2. The first-order valence-electron chi connectivity index (χ1n) is 9.00. The van der Waals surface area contributed by atoms with Crippen LogP contribution in [-0.2, 0) is 17.9 Å². The molecule has 2 saturated heterocycles. The van der Waals surface area contributed by atoms with Crippen molar-refractivity contribution in [2.24, 2.45) is 5.41 Å². The summed E-state index contributed by atoms with van der Waals surface area (Å²) in [4.78, 5) is 25.8. The SMILES string of the molecule is O=C1CC[C@@]2(CCCN(Cc3cscn3)C2)CN1Cc1ccccn1. The van der Waals surface area contributed by atoms with Crippen LogP contribution in [0, 0.1) is 5.41 Å². The molecule has 5 nitrogen and oxygen atoms in total. The Morgan fingerprint density at radius 1 is 1.12 bits per heavy atom. The second kappa shape index (κ2) is 7.22. The zero-order valence-electron chi connectivity index (χ0n) is 14.4. The third kappa shape index (κ3) is 3.90. The van der Waals surface area contributed by atoms with Crippen molar-refractivity contribution in [2.45, 2.75) is 38.8 Å². The van der Waals surface area contributed by atoms with Crippen molar-refractivity contribution >= 4 is 17.2 Å². The van der Waals surface area contributed by atoms with Gasteiger partial charge in [0, 0.05) is 43.0 Å². The summed E-state index contributed by atoms with van der Waals surface area (Å²) in [5.41, 5.74) is 4.28. The summed E-state index contributed by atoms with van der Waals surface area (Å²) in [5.74, 6) is 0.271. The second-order valence-corrected chi connectivity index (χ2v) is 8.08. The molecule has 25 heavy (non-hydrogen) atoms. The molecule has 1 spiro atoms. The average molecular weight is 356 g/mol. The van der Waals surface area contributed by atoms with E-state index in [-0.39, 0.29) is 11.3 Å². The molecule has 2 aromatic heterocycles. The predicted molar refractivity (Wildman–Crippen MR) is 97.9 cm³/mol.